The highest BCUT2D eigenvalue weighted by atomic mass is 35.5. The van der Waals surface area contributed by atoms with Crippen molar-refractivity contribution in [1.82, 2.24) is 15.1 Å². The summed E-state index contributed by atoms with van der Waals surface area (Å²) in [4.78, 5) is 27.5. The summed E-state index contributed by atoms with van der Waals surface area (Å²) in [6, 6.07) is 11.1. The molecule has 0 aromatic heterocycles. The molecular weight excluding hydrogens is 506 g/mol. The lowest BCUT2D eigenvalue weighted by molar-refractivity contribution is -0.188. The van der Waals surface area contributed by atoms with Crippen molar-refractivity contribution < 1.29 is 27.5 Å². The molecule has 0 aliphatic carbocycles. The number of alkyl halides is 3. The number of carbonyl (C=O) groups is 2. The van der Waals surface area contributed by atoms with Gasteiger partial charge in [-0.3, -0.25) is 14.5 Å². The lowest BCUT2D eigenvalue weighted by Gasteiger charge is -2.39. The number of nitrogens with one attached hydrogen (secondary N) is 1. The van der Waals surface area contributed by atoms with E-state index in [1.807, 2.05) is 6.07 Å². The highest BCUT2D eigenvalue weighted by Crippen LogP contribution is 2.26. The first-order valence-electron chi connectivity index (χ1n) is 11.0. The van der Waals surface area contributed by atoms with Crippen LogP contribution in [-0.2, 0) is 11.3 Å². The molecule has 1 aliphatic heterocycles. The lowest BCUT2D eigenvalue weighted by Crippen LogP contribution is -2.53. The Morgan fingerprint density at radius 3 is 2.46 bits per heavy atom. The maximum Gasteiger partial charge on any atom is 0.471 e. The average molecular weight is 532 g/mol. The molecule has 1 heterocycles. The van der Waals surface area contributed by atoms with E-state index in [-0.39, 0.29) is 13.1 Å². The maximum atomic E-state index is 13.3. The maximum absolute atomic E-state index is 13.3. The first kappa shape index (κ1) is 27.1. The van der Waals surface area contributed by atoms with Crippen LogP contribution < -0.4 is 10.1 Å². The number of amides is 2. The molecule has 1 aliphatic rings. The first-order valence-corrected chi connectivity index (χ1v) is 11.8. The number of ether oxygens (including phenoxy) is 1. The zero-order valence-electron chi connectivity index (χ0n) is 19.1. The Balaban J connectivity index is 1.58. The van der Waals surface area contributed by atoms with Crippen molar-refractivity contribution in [2.24, 2.45) is 0 Å². The largest absolute Gasteiger partial charge is 0.497 e. The fourth-order valence-corrected chi connectivity index (χ4v) is 4.38. The number of hydrogen-bond donors (Lipinski definition) is 1. The summed E-state index contributed by atoms with van der Waals surface area (Å²) in [5, 5.41) is 3.48. The number of nitrogens with zero attached hydrogens (tertiary/aromatic N) is 2. The summed E-state index contributed by atoms with van der Waals surface area (Å²) in [6.07, 6.45) is -4.23. The molecule has 11 heteroatoms. The zero-order valence-corrected chi connectivity index (χ0v) is 20.6. The Labute approximate surface area is 211 Å². The van der Waals surface area contributed by atoms with Crippen LogP contribution in [0.1, 0.15) is 28.8 Å². The van der Waals surface area contributed by atoms with Crippen molar-refractivity contribution in [3.8, 4) is 5.75 Å². The number of hydrogen-bond acceptors (Lipinski definition) is 4. The molecule has 1 saturated heterocycles. The normalized spacial score (nSPS) is 15.0. The van der Waals surface area contributed by atoms with Crippen molar-refractivity contribution in [2.75, 3.05) is 33.3 Å². The fraction of sp³-hybridized carbons (Fsp3) is 0.417. The SMILES string of the molecule is COc1cccc(C(=O)NCCN(C(=O)C(F)(F)F)C2CCN(Cc3ccc(Cl)c(Cl)c3)CC2)c1. The number of carbonyl (C=O) groups excluding carboxylic acids is 2. The predicted octanol–water partition coefficient (Wildman–Crippen LogP) is 4.79. The smallest absolute Gasteiger partial charge is 0.471 e. The molecule has 3 rings (SSSR count). The molecular formula is C24H26Cl2F3N3O3. The van der Waals surface area contributed by atoms with Gasteiger partial charge in [0, 0.05) is 44.3 Å². The van der Waals surface area contributed by atoms with Crippen LogP contribution in [0.2, 0.25) is 10.0 Å². The van der Waals surface area contributed by atoms with Crippen LogP contribution in [0.5, 0.6) is 5.75 Å². The Kier molecular flexibility index (Phi) is 9.27. The Morgan fingerprint density at radius 2 is 1.83 bits per heavy atom. The average Bonchev–Trinajstić information content (AvgIpc) is 2.84. The van der Waals surface area contributed by atoms with Crippen molar-refractivity contribution in [1.29, 1.82) is 0 Å². The Hall–Kier alpha value is -2.49. The van der Waals surface area contributed by atoms with Crippen LogP contribution in [0, 0.1) is 0 Å². The van der Waals surface area contributed by atoms with Gasteiger partial charge in [0.15, 0.2) is 0 Å². The van der Waals surface area contributed by atoms with Gasteiger partial charge in [0.05, 0.1) is 17.2 Å². The summed E-state index contributed by atoms with van der Waals surface area (Å²) in [5.74, 6) is -1.87. The molecule has 0 saturated carbocycles. The third-order valence-corrected chi connectivity index (χ3v) is 6.60. The Bertz CT molecular complexity index is 1040. The van der Waals surface area contributed by atoms with E-state index in [1.165, 1.54) is 13.2 Å². The van der Waals surface area contributed by atoms with E-state index in [9.17, 15) is 22.8 Å². The van der Waals surface area contributed by atoms with Gasteiger partial charge in [-0.15, -0.1) is 0 Å². The van der Waals surface area contributed by atoms with Crippen LogP contribution in [0.3, 0.4) is 0 Å². The number of piperidine rings is 1. The van der Waals surface area contributed by atoms with Gasteiger partial charge in [-0.1, -0.05) is 35.3 Å². The third kappa shape index (κ3) is 7.49. The summed E-state index contributed by atoms with van der Waals surface area (Å²) < 4.78 is 45.0. The second-order valence-electron chi connectivity index (χ2n) is 8.24. The van der Waals surface area contributed by atoms with E-state index >= 15 is 0 Å². The topological polar surface area (TPSA) is 61.9 Å². The minimum atomic E-state index is -4.99. The van der Waals surface area contributed by atoms with E-state index in [0.29, 0.717) is 53.8 Å². The number of benzene rings is 2. The van der Waals surface area contributed by atoms with Crippen LogP contribution in [0.15, 0.2) is 42.5 Å². The van der Waals surface area contributed by atoms with Crippen LogP contribution in [-0.4, -0.2) is 67.1 Å². The van der Waals surface area contributed by atoms with Crippen LogP contribution in [0.4, 0.5) is 13.2 Å². The van der Waals surface area contributed by atoms with Crippen molar-refractivity contribution >= 4 is 35.0 Å². The molecule has 190 valence electrons. The van der Waals surface area contributed by atoms with Gasteiger partial charge < -0.3 is 15.0 Å². The third-order valence-electron chi connectivity index (χ3n) is 5.86. The molecule has 1 fully saturated rings. The lowest BCUT2D eigenvalue weighted by atomic mass is 10.0. The number of rotatable bonds is 8. The van der Waals surface area contributed by atoms with Gasteiger partial charge in [-0.2, -0.15) is 13.2 Å². The van der Waals surface area contributed by atoms with E-state index < -0.39 is 24.0 Å². The van der Waals surface area contributed by atoms with E-state index in [2.05, 4.69) is 10.2 Å². The summed E-state index contributed by atoms with van der Waals surface area (Å²) in [5.41, 5.74) is 1.26. The predicted molar refractivity (Wildman–Crippen MR) is 128 cm³/mol. The molecule has 0 spiro atoms. The van der Waals surface area contributed by atoms with Crippen molar-refractivity contribution in [2.45, 2.75) is 31.6 Å². The summed E-state index contributed by atoms with van der Waals surface area (Å²) in [7, 11) is 1.47. The number of methoxy groups -OCH3 is 1. The molecule has 35 heavy (non-hydrogen) atoms. The van der Waals surface area contributed by atoms with Crippen molar-refractivity contribution in [3.05, 3.63) is 63.6 Å². The molecule has 2 amide bonds. The second kappa shape index (κ2) is 12.0. The monoisotopic (exact) mass is 531 g/mol. The zero-order chi connectivity index (χ0) is 25.6. The number of halogens is 5. The highest BCUT2D eigenvalue weighted by Gasteiger charge is 2.44. The Morgan fingerprint density at radius 1 is 1.11 bits per heavy atom. The van der Waals surface area contributed by atoms with Crippen LogP contribution >= 0.6 is 23.2 Å². The summed E-state index contributed by atoms with van der Waals surface area (Å²) in [6.45, 7) is 1.26. The van der Waals surface area contributed by atoms with Gasteiger partial charge >= 0.3 is 12.1 Å². The van der Waals surface area contributed by atoms with E-state index in [1.54, 1.807) is 30.3 Å². The fourth-order valence-electron chi connectivity index (χ4n) is 4.05. The van der Waals surface area contributed by atoms with Gasteiger partial charge in [-0.25, -0.2) is 0 Å². The molecule has 0 unspecified atom stereocenters. The number of likely N-dealkylation sites (tertiary alicyclic amines) is 1. The molecule has 0 atom stereocenters. The van der Waals surface area contributed by atoms with Gasteiger partial charge in [0.2, 0.25) is 0 Å². The minimum Gasteiger partial charge on any atom is -0.497 e. The minimum absolute atomic E-state index is 0.110. The highest BCUT2D eigenvalue weighted by molar-refractivity contribution is 6.42. The summed E-state index contributed by atoms with van der Waals surface area (Å²) >= 11 is 12.0. The van der Waals surface area contributed by atoms with Gasteiger partial charge in [-0.05, 0) is 48.7 Å². The molecule has 2 aromatic carbocycles. The van der Waals surface area contributed by atoms with Crippen molar-refractivity contribution in [3.63, 3.8) is 0 Å². The first-order chi connectivity index (χ1) is 16.6. The van der Waals surface area contributed by atoms with E-state index in [0.717, 1.165) is 10.5 Å². The molecule has 0 bridgehead atoms. The standard InChI is InChI=1S/C24H26Cl2F3N3O3/c1-35-19-4-2-3-17(14-19)22(33)30-9-12-32(23(34)24(27,28)29)18-7-10-31(11-8-18)15-16-5-6-20(25)21(26)13-16/h2-6,13-14,18H,7-12,15H2,1H3,(H,30,33). The quantitative estimate of drug-likeness (QED) is 0.532. The molecule has 2 aromatic rings. The molecule has 6 nitrogen and oxygen atoms in total. The molecule has 1 N–H and O–H groups in total. The molecule has 0 radical (unpaired) electrons. The van der Waals surface area contributed by atoms with E-state index in [4.69, 9.17) is 27.9 Å². The van der Waals surface area contributed by atoms with Crippen LogP contribution in [0.25, 0.3) is 0 Å². The second-order valence-corrected chi connectivity index (χ2v) is 9.05. The van der Waals surface area contributed by atoms with Gasteiger partial charge in [0.25, 0.3) is 5.91 Å². The van der Waals surface area contributed by atoms with Gasteiger partial charge in [0.1, 0.15) is 5.75 Å².